The highest BCUT2D eigenvalue weighted by molar-refractivity contribution is 9.10. The highest BCUT2D eigenvalue weighted by atomic mass is 79.9. The summed E-state index contributed by atoms with van der Waals surface area (Å²) in [5, 5.41) is 4.90. The van der Waals surface area contributed by atoms with Crippen LogP contribution in [-0.2, 0) is 13.0 Å². The summed E-state index contributed by atoms with van der Waals surface area (Å²) in [5.41, 5.74) is 2.36. The van der Waals surface area contributed by atoms with E-state index in [1.54, 1.807) is 4.68 Å². The van der Waals surface area contributed by atoms with Crippen LogP contribution in [0.5, 0.6) is 0 Å². The number of halogens is 2. The van der Waals surface area contributed by atoms with Gasteiger partial charge in [-0.15, -0.1) is 0 Å². The molecular weight excluding hydrogens is 340 g/mol. The third-order valence-electron chi connectivity index (χ3n) is 2.94. The number of carbonyl (C=O) groups is 1. The lowest BCUT2D eigenvalue weighted by Gasteiger charge is -2.04. The molecule has 0 unspecified atom stereocenters. The van der Waals surface area contributed by atoms with E-state index in [1.807, 2.05) is 24.3 Å². The fourth-order valence-corrected chi connectivity index (χ4v) is 2.77. The van der Waals surface area contributed by atoms with Gasteiger partial charge < -0.3 is 0 Å². The molecule has 0 aliphatic rings. The molecule has 1 heterocycles. The number of nitrogens with zero attached hydrogens (tertiary/aromatic N) is 2. The molecule has 0 spiro atoms. The molecule has 2 aromatic rings. The van der Waals surface area contributed by atoms with Crippen LogP contribution in [0.1, 0.15) is 35.5 Å². The van der Waals surface area contributed by atoms with Crippen LogP contribution in [-0.4, -0.2) is 16.1 Å². The molecule has 5 heteroatoms. The van der Waals surface area contributed by atoms with E-state index < -0.39 is 0 Å². The van der Waals surface area contributed by atoms with Crippen molar-refractivity contribution in [3.8, 4) is 0 Å². The first-order chi connectivity index (χ1) is 9.51. The van der Waals surface area contributed by atoms with Crippen LogP contribution in [0.2, 0.25) is 5.15 Å². The minimum atomic E-state index is 0.413. The second-order valence-corrected chi connectivity index (χ2v) is 6.43. The number of aromatic nitrogens is 2. The molecule has 0 saturated carbocycles. The van der Waals surface area contributed by atoms with Gasteiger partial charge in [0.25, 0.3) is 0 Å². The van der Waals surface area contributed by atoms with Crippen molar-refractivity contribution in [3.63, 3.8) is 0 Å². The van der Waals surface area contributed by atoms with E-state index in [4.69, 9.17) is 11.6 Å². The van der Waals surface area contributed by atoms with Gasteiger partial charge in [-0.1, -0.05) is 53.5 Å². The Kier molecular flexibility index (Phi) is 5.00. The third kappa shape index (κ3) is 3.49. The summed E-state index contributed by atoms with van der Waals surface area (Å²) < 4.78 is 2.70. The zero-order chi connectivity index (χ0) is 14.7. The maximum atomic E-state index is 11.2. The van der Waals surface area contributed by atoms with Gasteiger partial charge in [0.05, 0.1) is 17.8 Å². The Labute approximate surface area is 132 Å². The van der Waals surface area contributed by atoms with Crippen molar-refractivity contribution in [1.29, 1.82) is 0 Å². The number of carbonyl (C=O) groups excluding carboxylic acids is 1. The molecule has 0 amide bonds. The van der Waals surface area contributed by atoms with E-state index in [0.29, 0.717) is 23.2 Å². The summed E-state index contributed by atoms with van der Waals surface area (Å²) in [4.78, 5) is 11.2. The number of hydrogen-bond acceptors (Lipinski definition) is 2. The van der Waals surface area contributed by atoms with Gasteiger partial charge in [0.15, 0.2) is 6.29 Å². The Bertz CT molecular complexity index is 622. The number of aldehydes is 1. The summed E-state index contributed by atoms with van der Waals surface area (Å²) in [6.07, 6.45) is 1.55. The van der Waals surface area contributed by atoms with E-state index >= 15 is 0 Å². The topological polar surface area (TPSA) is 34.9 Å². The van der Waals surface area contributed by atoms with E-state index in [2.05, 4.69) is 34.9 Å². The third-order valence-corrected chi connectivity index (χ3v) is 3.83. The molecule has 106 valence electrons. The molecule has 3 nitrogen and oxygen atoms in total. The van der Waals surface area contributed by atoms with Gasteiger partial charge in [0.2, 0.25) is 0 Å². The lowest BCUT2D eigenvalue weighted by Crippen LogP contribution is -2.03. The minimum absolute atomic E-state index is 0.413. The summed E-state index contributed by atoms with van der Waals surface area (Å²) in [5.74, 6) is 0.430. The zero-order valence-electron chi connectivity index (χ0n) is 11.4. The van der Waals surface area contributed by atoms with Crippen molar-refractivity contribution in [2.75, 3.05) is 0 Å². The van der Waals surface area contributed by atoms with Crippen LogP contribution in [0, 0.1) is 5.92 Å². The van der Waals surface area contributed by atoms with Crippen molar-refractivity contribution < 1.29 is 4.79 Å². The number of rotatable bonds is 5. The molecular formula is C15H16BrClN2O. The standard InChI is InChI=1S/C15H16BrClN2O/c1-10(2)6-14-13(9-20)15(17)19(18-14)8-11-4-3-5-12(16)7-11/h3-5,7,9-10H,6,8H2,1-2H3. The highest BCUT2D eigenvalue weighted by Crippen LogP contribution is 2.22. The molecule has 1 aromatic heterocycles. The Hall–Kier alpha value is -1.13. The second kappa shape index (κ2) is 6.55. The fourth-order valence-electron chi connectivity index (χ4n) is 2.07. The van der Waals surface area contributed by atoms with Gasteiger partial charge in [-0.05, 0) is 30.0 Å². The Morgan fingerprint density at radius 2 is 2.20 bits per heavy atom. The van der Waals surface area contributed by atoms with Crippen LogP contribution in [0.25, 0.3) is 0 Å². The molecule has 0 aliphatic carbocycles. The van der Waals surface area contributed by atoms with Gasteiger partial charge in [0.1, 0.15) is 5.15 Å². The van der Waals surface area contributed by atoms with Crippen molar-refractivity contribution in [2.45, 2.75) is 26.8 Å². The molecule has 1 aromatic carbocycles. The second-order valence-electron chi connectivity index (χ2n) is 5.15. The number of benzene rings is 1. The molecule has 0 fully saturated rings. The SMILES string of the molecule is CC(C)Cc1nn(Cc2cccc(Br)c2)c(Cl)c1C=O. The normalized spacial score (nSPS) is 11.1. The predicted molar refractivity (Wildman–Crippen MR) is 84.4 cm³/mol. The predicted octanol–water partition coefficient (Wildman–Crippen LogP) is 4.36. The molecule has 0 aliphatic heterocycles. The first kappa shape index (κ1) is 15.3. The van der Waals surface area contributed by atoms with Crippen LogP contribution in [0.3, 0.4) is 0 Å². The highest BCUT2D eigenvalue weighted by Gasteiger charge is 2.16. The summed E-state index contributed by atoms with van der Waals surface area (Å²) in [6, 6.07) is 7.95. The zero-order valence-corrected chi connectivity index (χ0v) is 13.8. The maximum Gasteiger partial charge on any atom is 0.155 e. The van der Waals surface area contributed by atoms with Gasteiger partial charge in [-0.3, -0.25) is 4.79 Å². The van der Waals surface area contributed by atoms with Crippen molar-refractivity contribution in [1.82, 2.24) is 9.78 Å². The maximum absolute atomic E-state index is 11.2. The Morgan fingerprint density at radius 3 is 2.80 bits per heavy atom. The largest absolute Gasteiger partial charge is 0.298 e. The Balaban J connectivity index is 2.32. The molecule has 0 bridgehead atoms. The molecule has 0 N–H and O–H groups in total. The van der Waals surface area contributed by atoms with E-state index in [1.165, 1.54) is 0 Å². The lowest BCUT2D eigenvalue weighted by atomic mass is 10.1. The fraction of sp³-hybridized carbons (Fsp3) is 0.333. The molecule has 0 atom stereocenters. The Morgan fingerprint density at radius 1 is 1.45 bits per heavy atom. The van der Waals surface area contributed by atoms with Crippen LogP contribution >= 0.6 is 27.5 Å². The van der Waals surface area contributed by atoms with Gasteiger partial charge in [-0.25, -0.2) is 4.68 Å². The summed E-state index contributed by atoms with van der Waals surface area (Å²) in [6.45, 7) is 4.74. The summed E-state index contributed by atoms with van der Waals surface area (Å²) >= 11 is 9.70. The van der Waals surface area contributed by atoms with Gasteiger partial charge in [0, 0.05) is 4.47 Å². The van der Waals surface area contributed by atoms with E-state index in [-0.39, 0.29) is 0 Å². The van der Waals surface area contributed by atoms with Crippen LogP contribution in [0.15, 0.2) is 28.7 Å². The van der Waals surface area contributed by atoms with Crippen molar-refractivity contribution >= 4 is 33.8 Å². The average Bonchev–Trinajstić information content (AvgIpc) is 2.64. The van der Waals surface area contributed by atoms with Crippen molar-refractivity contribution in [3.05, 3.63) is 50.7 Å². The van der Waals surface area contributed by atoms with Crippen LogP contribution < -0.4 is 0 Å². The molecule has 0 radical (unpaired) electrons. The van der Waals surface area contributed by atoms with Gasteiger partial charge >= 0.3 is 0 Å². The van der Waals surface area contributed by atoms with Crippen molar-refractivity contribution in [2.24, 2.45) is 5.92 Å². The lowest BCUT2D eigenvalue weighted by molar-refractivity contribution is 0.112. The average molecular weight is 356 g/mol. The van der Waals surface area contributed by atoms with Gasteiger partial charge in [-0.2, -0.15) is 5.10 Å². The van der Waals surface area contributed by atoms with Crippen LogP contribution in [0.4, 0.5) is 0 Å². The van der Waals surface area contributed by atoms with E-state index in [9.17, 15) is 4.79 Å². The quantitative estimate of drug-likeness (QED) is 0.747. The van der Waals surface area contributed by atoms with E-state index in [0.717, 1.165) is 28.4 Å². The summed E-state index contributed by atoms with van der Waals surface area (Å²) in [7, 11) is 0. The minimum Gasteiger partial charge on any atom is -0.298 e. The molecule has 2 rings (SSSR count). The smallest absolute Gasteiger partial charge is 0.155 e. The number of hydrogen-bond donors (Lipinski definition) is 0. The monoisotopic (exact) mass is 354 g/mol. The molecule has 0 saturated heterocycles. The first-order valence-electron chi connectivity index (χ1n) is 6.46. The first-order valence-corrected chi connectivity index (χ1v) is 7.63. The molecule has 20 heavy (non-hydrogen) atoms.